The molecule has 1 heterocycles. The molecule has 0 saturated carbocycles. The lowest BCUT2D eigenvalue weighted by molar-refractivity contribution is 0.102. The van der Waals surface area contributed by atoms with Crippen LogP contribution in [0.2, 0.25) is 0 Å². The van der Waals surface area contributed by atoms with E-state index in [1.54, 1.807) is 18.2 Å². The third-order valence-electron chi connectivity index (χ3n) is 3.45. The number of hydrogen-bond donors (Lipinski definition) is 1. The summed E-state index contributed by atoms with van der Waals surface area (Å²) < 4.78 is 10.5. The minimum atomic E-state index is -0.299. The van der Waals surface area contributed by atoms with Crippen molar-refractivity contribution < 1.29 is 14.3 Å². The minimum absolute atomic E-state index is 0.299. The number of hydrogen-bond acceptors (Lipinski definition) is 6. The molecule has 0 spiro atoms. The summed E-state index contributed by atoms with van der Waals surface area (Å²) in [5.41, 5.74) is 0.394. The normalized spacial score (nSPS) is 11.8. The fraction of sp³-hybridized carbons (Fsp3) is 0.438. The average molecular weight is 335 g/mol. The molecule has 1 atom stereocenters. The quantitative estimate of drug-likeness (QED) is 0.835. The van der Waals surface area contributed by atoms with E-state index in [0.717, 1.165) is 17.8 Å². The predicted molar refractivity (Wildman–Crippen MR) is 90.7 cm³/mol. The molecule has 1 amide bonds. The topological polar surface area (TPSA) is 73.3 Å². The van der Waals surface area contributed by atoms with Crippen LogP contribution >= 0.6 is 11.3 Å². The van der Waals surface area contributed by atoms with Crippen LogP contribution in [0.25, 0.3) is 0 Å². The molecule has 0 aliphatic heterocycles. The minimum Gasteiger partial charge on any atom is -0.493 e. The summed E-state index contributed by atoms with van der Waals surface area (Å²) in [4.78, 5) is 12.5. The first-order chi connectivity index (χ1) is 11.1. The maximum Gasteiger partial charge on any atom is 0.261 e. The number of anilines is 1. The van der Waals surface area contributed by atoms with Gasteiger partial charge in [0.05, 0.1) is 19.8 Å². The van der Waals surface area contributed by atoms with Gasteiger partial charge in [0.1, 0.15) is 5.01 Å². The van der Waals surface area contributed by atoms with Crippen LogP contribution in [-0.4, -0.2) is 30.3 Å². The molecule has 0 aliphatic rings. The van der Waals surface area contributed by atoms with Gasteiger partial charge in [0.2, 0.25) is 5.13 Å². The fourth-order valence-corrected chi connectivity index (χ4v) is 3.10. The largest absolute Gasteiger partial charge is 0.493 e. The Morgan fingerprint density at radius 2 is 2.09 bits per heavy atom. The molecule has 0 radical (unpaired) electrons. The summed E-state index contributed by atoms with van der Waals surface area (Å²) in [6.07, 6.45) is 2.13. The summed E-state index contributed by atoms with van der Waals surface area (Å²) in [6, 6.07) is 5.16. The Morgan fingerprint density at radius 3 is 2.74 bits per heavy atom. The van der Waals surface area contributed by atoms with Gasteiger partial charge in [-0.25, -0.2) is 0 Å². The molecule has 0 saturated heterocycles. The SMILES string of the molecule is CCC[C@H](C)c1nnc(NC(=O)c2cccc(OC)c2OC)s1. The lowest BCUT2D eigenvalue weighted by Crippen LogP contribution is -2.13. The van der Waals surface area contributed by atoms with Crippen LogP contribution in [-0.2, 0) is 0 Å². The van der Waals surface area contributed by atoms with Crippen molar-refractivity contribution in [1.82, 2.24) is 10.2 Å². The number of nitrogens with zero attached hydrogens (tertiary/aromatic N) is 2. The number of methoxy groups -OCH3 is 2. The molecule has 1 N–H and O–H groups in total. The van der Waals surface area contributed by atoms with Gasteiger partial charge in [0.25, 0.3) is 5.91 Å². The zero-order valence-corrected chi connectivity index (χ0v) is 14.6. The second-order valence-electron chi connectivity index (χ2n) is 5.13. The number of para-hydroxylation sites is 1. The van der Waals surface area contributed by atoms with Crippen LogP contribution in [0.5, 0.6) is 11.5 Å². The summed E-state index contributed by atoms with van der Waals surface area (Å²) in [6.45, 7) is 4.25. The molecular weight excluding hydrogens is 314 g/mol. The molecule has 2 aromatic rings. The van der Waals surface area contributed by atoms with Crippen LogP contribution in [0.4, 0.5) is 5.13 Å². The van der Waals surface area contributed by atoms with E-state index in [0.29, 0.717) is 28.1 Å². The van der Waals surface area contributed by atoms with Gasteiger partial charge in [0.15, 0.2) is 11.5 Å². The standard InChI is InChI=1S/C16H21N3O3S/c1-5-7-10(2)15-18-19-16(23-15)17-14(20)11-8-6-9-12(21-3)13(11)22-4/h6,8-10H,5,7H2,1-4H3,(H,17,19,20)/t10-/m0/s1. The maximum absolute atomic E-state index is 12.5. The van der Waals surface area contributed by atoms with Gasteiger partial charge in [0, 0.05) is 5.92 Å². The summed E-state index contributed by atoms with van der Waals surface area (Å²) in [7, 11) is 3.04. The second kappa shape index (κ2) is 7.92. The number of aromatic nitrogens is 2. The molecule has 0 bridgehead atoms. The number of benzene rings is 1. The highest BCUT2D eigenvalue weighted by atomic mass is 32.1. The van der Waals surface area contributed by atoms with E-state index in [-0.39, 0.29) is 5.91 Å². The van der Waals surface area contributed by atoms with Crippen molar-refractivity contribution in [1.29, 1.82) is 0 Å². The molecular formula is C16H21N3O3S. The Morgan fingerprint density at radius 1 is 1.30 bits per heavy atom. The molecule has 0 unspecified atom stereocenters. The Bertz CT molecular complexity index is 672. The highest BCUT2D eigenvalue weighted by molar-refractivity contribution is 7.15. The van der Waals surface area contributed by atoms with Gasteiger partial charge in [-0.15, -0.1) is 10.2 Å². The van der Waals surface area contributed by atoms with Gasteiger partial charge in [-0.2, -0.15) is 0 Å². The van der Waals surface area contributed by atoms with Crippen molar-refractivity contribution >= 4 is 22.4 Å². The Labute approximate surface area is 139 Å². The molecule has 2 rings (SSSR count). The third kappa shape index (κ3) is 3.98. The zero-order chi connectivity index (χ0) is 16.8. The third-order valence-corrected chi connectivity index (χ3v) is 4.52. The summed E-state index contributed by atoms with van der Waals surface area (Å²) in [5, 5.41) is 12.4. The highest BCUT2D eigenvalue weighted by Gasteiger charge is 2.18. The maximum atomic E-state index is 12.5. The van der Waals surface area contributed by atoms with Gasteiger partial charge in [-0.1, -0.05) is 37.7 Å². The molecule has 0 fully saturated rings. The van der Waals surface area contributed by atoms with Crippen LogP contribution in [0, 0.1) is 0 Å². The van der Waals surface area contributed by atoms with Crippen molar-refractivity contribution in [2.75, 3.05) is 19.5 Å². The van der Waals surface area contributed by atoms with E-state index in [1.807, 2.05) is 0 Å². The predicted octanol–water partition coefficient (Wildman–Crippen LogP) is 3.71. The van der Waals surface area contributed by atoms with E-state index in [4.69, 9.17) is 9.47 Å². The van der Waals surface area contributed by atoms with Crippen LogP contribution < -0.4 is 14.8 Å². The van der Waals surface area contributed by atoms with Gasteiger partial charge in [-0.05, 0) is 18.6 Å². The fourth-order valence-electron chi connectivity index (χ4n) is 2.27. The number of ether oxygens (including phenoxy) is 2. The molecule has 0 aliphatic carbocycles. The zero-order valence-electron chi connectivity index (χ0n) is 13.8. The van der Waals surface area contributed by atoms with Crippen molar-refractivity contribution in [3.63, 3.8) is 0 Å². The average Bonchev–Trinajstić information content (AvgIpc) is 3.02. The molecule has 124 valence electrons. The van der Waals surface area contributed by atoms with E-state index < -0.39 is 0 Å². The van der Waals surface area contributed by atoms with E-state index in [1.165, 1.54) is 25.6 Å². The Kier molecular flexibility index (Phi) is 5.92. The first kappa shape index (κ1) is 17.2. The number of amides is 1. The summed E-state index contributed by atoms with van der Waals surface area (Å²) in [5.74, 6) is 0.951. The van der Waals surface area contributed by atoms with Crippen molar-refractivity contribution in [3.8, 4) is 11.5 Å². The van der Waals surface area contributed by atoms with Crippen molar-refractivity contribution in [3.05, 3.63) is 28.8 Å². The number of carbonyl (C=O) groups is 1. The smallest absolute Gasteiger partial charge is 0.261 e. The van der Waals surface area contributed by atoms with E-state index >= 15 is 0 Å². The van der Waals surface area contributed by atoms with Gasteiger partial charge < -0.3 is 9.47 Å². The lowest BCUT2D eigenvalue weighted by atomic mass is 10.1. The van der Waals surface area contributed by atoms with Crippen molar-refractivity contribution in [2.24, 2.45) is 0 Å². The monoisotopic (exact) mass is 335 g/mol. The number of rotatable bonds is 7. The van der Waals surface area contributed by atoms with E-state index in [9.17, 15) is 4.79 Å². The number of carbonyl (C=O) groups excluding carboxylic acids is 1. The van der Waals surface area contributed by atoms with Crippen LogP contribution in [0.1, 0.15) is 48.0 Å². The Balaban J connectivity index is 2.17. The lowest BCUT2D eigenvalue weighted by Gasteiger charge is -2.11. The van der Waals surface area contributed by atoms with E-state index in [2.05, 4.69) is 29.4 Å². The van der Waals surface area contributed by atoms with Crippen molar-refractivity contribution in [2.45, 2.75) is 32.6 Å². The van der Waals surface area contributed by atoms with Crippen LogP contribution in [0.15, 0.2) is 18.2 Å². The van der Waals surface area contributed by atoms with Crippen LogP contribution in [0.3, 0.4) is 0 Å². The molecule has 23 heavy (non-hydrogen) atoms. The van der Waals surface area contributed by atoms with Gasteiger partial charge in [-0.3, -0.25) is 10.1 Å². The highest BCUT2D eigenvalue weighted by Crippen LogP contribution is 2.32. The molecule has 1 aromatic carbocycles. The molecule has 6 nitrogen and oxygen atoms in total. The molecule has 7 heteroatoms. The summed E-state index contributed by atoms with van der Waals surface area (Å²) >= 11 is 1.40. The molecule has 1 aromatic heterocycles. The second-order valence-corrected chi connectivity index (χ2v) is 6.14. The first-order valence-corrected chi connectivity index (χ1v) is 8.28. The van der Waals surface area contributed by atoms with Gasteiger partial charge >= 0.3 is 0 Å². The number of nitrogens with one attached hydrogen (secondary N) is 1. The first-order valence-electron chi connectivity index (χ1n) is 7.46. The Hall–Kier alpha value is -2.15.